The number of rotatable bonds is 1. The van der Waals surface area contributed by atoms with E-state index >= 15 is 0 Å². The van der Waals surface area contributed by atoms with Gasteiger partial charge in [-0.1, -0.05) is 15.9 Å². The van der Waals surface area contributed by atoms with Crippen molar-refractivity contribution in [3.63, 3.8) is 0 Å². The van der Waals surface area contributed by atoms with Gasteiger partial charge in [0, 0.05) is 23.9 Å². The fourth-order valence-electron chi connectivity index (χ4n) is 1.18. The van der Waals surface area contributed by atoms with Gasteiger partial charge in [0.15, 0.2) is 0 Å². The first-order valence-corrected chi connectivity index (χ1v) is 6.66. The molecule has 0 unspecified atom stereocenters. The largest absolute Gasteiger partial charge is 0.207 e. The van der Waals surface area contributed by atoms with Crippen LogP contribution in [0.2, 0.25) is 0 Å². The molecule has 0 N–H and O–H groups in total. The predicted octanol–water partition coefficient (Wildman–Crippen LogP) is 4.54. The van der Waals surface area contributed by atoms with Gasteiger partial charge in [-0.05, 0) is 40.8 Å². The summed E-state index contributed by atoms with van der Waals surface area (Å²) in [5.74, 6) is -0.153. The van der Waals surface area contributed by atoms with Crippen molar-refractivity contribution in [2.75, 3.05) is 0 Å². The third kappa shape index (κ3) is 1.89. The van der Waals surface area contributed by atoms with Gasteiger partial charge < -0.3 is 0 Å². The molecule has 68 valence electrons. The van der Waals surface area contributed by atoms with Crippen molar-refractivity contribution in [3.8, 4) is 0 Å². The number of alkyl halides is 1. The smallest absolute Gasteiger partial charge is 0.125 e. The van der Waals surface area contributed by atoms with E-state index in [1.165, 1.54) is 4.88 Å². The number of halogens is 3. The summed E-state index contributed by atoms with van der Waals surface area (Å²) in [5.41, 5.74) is 0. The van der Waals surface area contributed by atoms with Crippen LogP contribution in [0.5, 0.6) is 0 Å². The molecule has 0 nitrogen and oxygen atoms in total. The van der Waals surface area contributed by atoms with Crippen LogP contribution in [0.15, 0.2) is 18.2 Å². The minimum Gasteiger partial charge on any atom is -0.207 e. The molecular formula is C9H5BrFIS. The highest BCUT2D eigenvalue weighted by atomic mass is 127. The van der Waals surface area contributed by atoms with Crippen LogP contribution in [0.3, 0.4) is 0 Å². The third-order valence-corrected chi connectivity index (χ3v) is 4.68. The summed E-state index contributed by atoms with van der Waals surface area (Å²) in [6, 6.07) is 5.26. The molecule has 0 aliphatic heterocycles. The molecule has 2 rings (SSSR count). The van der Waals surface area contributed by atoms with Crippen LogP contribution >= 0.6 is 49.9 Å². The van der Waals surface area contributed by atoms with Crippen LogP contribution in [-0.2, 0) is 5.33 Å². The highest BCUT2D eigenvalue weighted by Gasteiger charge is 2.05. The van der Waals surface area contributed by atoms with Gasteiger partial charge in [-0.3, -0.25) is 0 Å². The first-order valence-electron chi connectivity index (χ1n) is 3.64. The Morgan fingerprint density at radius 1 is 1.38 bits per heavy atom. The van der Waals surface area contributed by atoms with Crippen LogP contribution in [0.1, 0.15) is 4.88 Å². The van der Waals surface area contributed by atoms with Gasteiger partial charge in [-0.2, -0.15) is 0 Å². The van der Waals surface area contributed by atoms with E-state index in [2.05, 4.69) is 44.6 Å². The summed E-state index contributed by atoms with van der Waals surface area (Å²) in [7, 11) is 0. The first kappa shape index (κ1) is 9.86. The fraction of sp³-hybridized carbons (Fsp3) is 0.111. The molecule has 0 aliphatic rings. The van der Waals surface area contributed by atoms with Crippen molar-refractivity contribution in [2.24, 2.45) is 0 Å². The Hall–Kier alpha value is 0.320. The van der Waals surface area contributed by atoms with E-state index in [4.69, 9.17) is 0 Å². The van der Waals surface area contributed by atoms with Gasteiger partial charge in [0.2, 0.25) is 0 Å². The number of fused-ring (bicyclic) bond motifs is 1. The molecule has 0 radical (unpaired) electrons. The Kier molecular flexibility index (Phi) is 2.90. The highest BCUT2D eigenvalue weighted by molar-refractivity contribution is 14.1. The lowest BCUT2D eigenvalue weighted by Gasteiger charge is -1.93. The fourth-order valence-corrected chi connectivity index (χ4v) is 3.58. The van der Waals surface area contributed by atoms with Crippen LogP contribution in [0.4, 0.5) is 4.39 Å². The van der Waals surface area contributed by atoms with Crippen LogP contribution in [0, 0.1) is 9.39 Å². The summed E-state index contributed by atoms with van der Waals surface area (Å²) in [6.07, 6.45) is 0. The average Bonchev–Trinajstić information content (AvgIpc) is 2.47. The lowest BCUT2D eigenvalue weighted by molar-refractivity contribution is 0.629. The molecule has 0 spiro atoms. The quantitative estimate of drug-likeness (QED) is 0.510. The summed E-state index contributed by atoms with van der Waals surface area (Å²) >= 11 is 7.19. The molecule has 4 heteroatoms. The van der Waals surface area contributed by atoms with E-state index in [-0.39, 0.29) is 5.82 Å². The normalized spacial score (nSPS) is 11.0. The van der Waals surface area contributed by atoms with Gasteiger partial charge in [-0.25, -0.2) is 4.39 Å². The second-order valence-electron chi connectivity index (χ2n) is 2.65. The van der Waals surface area contributed by atoms with Crippen LogP contribution < -0.4 is 0 Å². The Morgan fingerprint density at radius 2 is 2.15 bits per heavy atom. The maximum Gasteiger partial charge on any atom is 0.125 e. The zero-order valence-corrected chi connectivity index (χ0v) is 11.0. The van der Waals surface area contributed by atoms with Gasteiger partial charge >= 0.3 is 0 Å². The Bertz CT molecular complexity index is 452. The van der Waals surface area contributed by atoms with E-state index < -0.39 is 0 Å². The zero-order valence-electron chi connectivity index (χ0n) is 6.48. The zero-order chi connectivity index (χ0) is 9.42. The minimum absolute atomic E-state index is 0.153. The maximum atomic E-state index is 13.0. The van der Waals surface area contributed by atoms with E-state index in [1.807, 2.05) is 0 Å². The molecular weight excluding hydrogens is 366 g/mol. The number of thiophene rings is 1. The van der Waals surface area contributed by atoms with Crippen molar-refractivity contribution in [3.05, 3.63) is 32.5 Å². The highest BCUT2D eigenvalue weighted by Crippen LogP contribution is 2.31. The molecule has 1 heterocycles. The molecule has 0 saturated carbocycles. The van der Waals surface area contributed by atoms with E-state index in [9.17, 15) is 4.39 Å². The van der Waals surface area contributed by atoms with Gasteiger partial charge in [0.05, 0.1) is 0 Å². The molecule has 0 aliphatic carbocycles. The van der Waals surface area contributed by atoms with Crippen molar-refractivity contribution in [1.29, 1.82) is 0 Å². The predicted molar refractivity (Wildman–Crippen MR) is 67.1 cm³/mol. The van der Waals surface area contributed by atoms with Crippen LogP contribution in [-0.4, -0.2) is 0 Å². The summed E-state index contributed by atoms with van der Waals surface area (Å²) in [6.45, 7) is 0. The lowest BCUT2D eigenvalue weighted by atomic mass is 10.2. The molecule has 0 amide bonds. The van der Waals surface area contributed by atoms with Gasteiger partial charge in [0.1, 0.15) is 5.82 Å². The minimum atomic E-state index is -0.153. The number of hydrogen-bond donors (Lipinski definition) is 0. The second kappa shape index (κ2) is 3.82. The maximum absolute atomic E-state index is 13.0. The summed E-state index contributed by atoms with van der Waals surface area (Å²) in [4.78, 5) is 1.23. The van der Waals surface area contributed by atoms with Gasteiger partial charge in [0.25, 0.3) is 0 Å². The van der Waals surface area contributed by atoms with E-state index in [1.54, 1.807) is 23.5 Å². The molecule has 0 bridgehead atoms. The van der Waals surface area contributed by atoms with Gasteiger partial charge in [-0.15, -0.1) is 11.3 Å². The molecule has 13 heavy (non-hydrogen) atoms. The first-order chi connectivity index (χ1) is 6.20. The topological polar surface area (TPSA) is 0 Å². The standard InChI is InChI=1S/C9H5BrFIS/c10-4-6-3-7-8(12)1-5(11)2-9(7)13-6/h1-3H,4H2. The summed E-state index contributed by atoms with van der Waals surface area (Å²) in [5, 5.41) is 1.99. The second-order valence-corrected chi connectivity index (χ2v) is 5.54. The Labute approximate surface area is 101 Å². The molecule has 2 aromatic rings. The number of hydrogen-bond acceptors (Lipinski definition) is 1. The lowest BCUT2D eigenvalue weighted by Crippen LogP contribution is -1.76. The number of benzene rings is 1. The summed E-state index contributed by atoms with van der Waals surface area (Å²) < 4.78 is 15.0. The Balaban J connectivity index is 2.75. The third-order valence-electron chi connectivity index (χ3n) is 1.73. The monoisotopic (exact) mass is 370 g/mol. The molecule has 0 fully saturated rings. The SMILES string of the molecule is Fc1cc(I)c2cc(CBr)sc2c1. The van der Waals surface area contributed by atoms with E-state index in [0.29, 0.717) is 0 Å². The molecule has 0 saturated heterocycles. The van der Waals surface area contributed by atoms with Crippen molar-refractivity contribution in [1.82, 2.24) is 0 Å². The Morgan fingerprint density at radius 3 is 2.85 bits per heavy atom. The molecule has 1 aromatic heterocycles. The molecule has 0 atom stereocenters. The van der Waals surface area contributed by atoms with Crippen molar-refractivity contribution in [2.45, 2.75) is 5.33 Å². The molecule has 1 aromatic carbocycles. The van der Waals surface area contributed by atoms with Crippen LogP contribution in [0.25, 0.3) is 10.1 Å². The van der Waals surface area contributed by atoms with E-state index in [0.717, 1.165) is 19.0 Å². The van der Waals surface area contributed by atoms with Crippen molar-refractivity contribution >= 4 is 59.9 Å². The van der Waals surface area contributed by atoms with Crippen molar-refractivity contribution < 1.29 is 4.39 Å². The average molecular weight is 371 g/mol.